The van der Waals surface area contributed by atoms with Crippen LogP contribution in [0.2, 0.25) is 5.02 Å². The molecule has 0 aliphatic carbocycles. The lowest BCUT2D eigenvalue weighted by Gasteiger charge is -2.14. The number of hydrogen-bond donors (Lipinski definition) is 1. The van der Waals surface area contributed by atoms with E-state index in [1.165, 1.54) is 0 Å². The fourth-order valence-electron chi connectivity index (χ4n) is 3.56. The van der Waals surface area contributed by atoms with Gasteiger partial charge in [0.25, 0.3) is 0 Å². The molecule has 152 valence electrons. The van der Waals surface area contributed by atoms with Crippen LogP contribution in [0.1, 0.15) is 22.3 Å². The molecule has 4 rings (SSSR count). The van der Waals surface area contributed by atoms with Gasteiger partial charge in [-0.15, -0.1) is 0 Å². The molecule has 0 bridgehead atoms. The van der Waals surface area contributed by atoms with Gasteiger partial charge in [-0.3, -0.25) is 0 Å². The van der Waals surface area contributed by atoms with E-state index in [0.717, 1.165) is 22.3 Å². The highest BCUT2D eigenvalue weighted by atomic mass is 35.5. The Kier molecular flexibility index (Phi) is 6.04. The first-order valence-corrected chi connectivity index (χ1v) is 10.3. The van der Waals surface area contributed by atoms with E-state index in [0.29, 0.717) is 27.3 Å². The lowest BCUT2D eigenvalue weighted by molar-refractivity contribution is 1.44. The second kappa shape index (κ2) is 9.23. The van der Waals surface area contributed by atoms with E-state index < -0.39 is 0 Å². The summed E-state index contributed by atoms with van der Waals surface area (Å²) >= 11 is 5.94. The summed E-state index contributed by atoms with van der Waals surface area (Å²) in [5, 5.41) is 20.2. The van der Waals surface area contributed by atoms with E-state index in [2.05, 4.69) is 12.1 Å². The molecule has 4 aromatic rings. The van der Waals surface area contributed by atoms with Crippen molar-refractivity contribution in [1.82, 2.24) is 0 Å². The number of nitrogen functional groups attached to an aromatic ring is 1. The lowest BCUT2D eigenvalue weighted by Crippen LogP contribution is -2.00. The van der Waals surface area contributed by atoms with Crippen LogP contribution in [0, 0.1) is 22.7 Å². The number of rotatable bonds is 4. The largest absolute Gasteiger partial charge is 0.397 e. The predicted octanol–water partition coefficient (Wildman–Crippen LogP) is 7.17. The van der Waals surface area contributed by atoms with Crippen molar-refractivity contribution in [3.8, 4) is 34.4 Å². The Bertz CT molecular complexity index is 1370. The third-order valence-corrected chi connectivity index (χ3v) is 5.49. The Labute approximate surface area is 192 Å². The fourth-order valence-corrected chi connectivity index (χ4v) is 3.68. The molecule has 2 N–H and O–H groups in total. The highest BCUT2D eigenvalue weighted by Crippen LogP contribution is 2.37. The molecule has 0 saturated heterocycles. The summed E-state index contributed by atoms with van der Waals surface area (Å²) in [7, 11) is 0. The van der Waals surface area contributed by atoms with Crippen molar-refractivity contribution >= 4 is 29.4 Å². The topological polar surface area (TPSA) is 73.6 Å². The third-order valence-electron chi connectivity index (χ3n) is 5.23. The third kappa shape index (κ3) is 4.25. The zero-order valence-electron chi connectivity index (χ0n) is 17.1. The quantitative estimate of drug-likeness (QED) is 0.275. The second-order valence-electron chi connectivity index (χ2n) is 7.23. The molecule has 0 aliphatic heterocycles. The van der Waals surface area contributed by atoms with Crippen LogP contribution < -0.4 is 5.73 Å². The van der Waals surface area contributed by atoms with Crippen LogP contribution >= 0.6 is 11.6 Å². The van der Waals surface area contributed by atoms with E-state index in [4.69, 9.17) is 17.3 Å². The number of benzene rings is 4. The standard InChI is InChI=1S/C28H18ClN3/c29-23-14-10-20(11-15-23)7-6-19-8-12-22(13-9-19)25-16-24(21-4-2-1-3-5-21)26(17-30)28(32)27(25)18-31/h1-16H,32H2/b7-6+. The fraction of sp³-hybridized carbons (Fsp3) is 0. The molecule has 0 amide bonds. The zero-order chi connectivity index (χ0) is 22.5. The molecule has 4 heteroatoms. The maximum atomic E-state index is 9.77. The summed E-state index contributed by atoms with van der Waals surface area (Å²) in [6, 6.07) is 31.3. The SMILES string of the molecule is N#Cc1c(-c2ccccc2)cc(-c2ccc(/C=C/c3ccc(Cl)cc3)cc2)c(C#N)c1N. The highest BCUT2D eigenvalue weighted by Gasteiger charge is 2.18. The van der Waals surface area contributed by atoms with Gasteiger partial charge in [-0.25, -0.2) is 0 Å². The Morgan fingerprint density at radius 2 is 1.12 bits per heavy atom. The Hall–Kier alpha value is -4.31. The van der Waals surface area contributed by atoms with Crippen LogP contribution in [-0.4, -0.2) is 0 Å². The minimum atomic E-state index is 0.207. The maximum absolute atomic E-state index is 9.77. The average Bonchev–Trinajstić information content (AvgIpc) is 2.84. The molecule has 0 spiro atoms. The molecule has 3 nitrogen and oxygen atoms in total. The minimum absolute atomic E-state index is 0.207. The van der Waals surface area contributed by atoms with Gasteiger partial charge in [0.05, 0.1) is 16.8 Å². The number of nitrogens with zero attached hydrogens (tertiary/aromatic N) is 2. The van der Waals surface area contributed by atoms with Crippen molar-refractivity contribution in [3.05, 3.63) is 112 Å². The summed E-state index contributed by atoms with van der Waals surface area (Å²) in [6.07, 6.45) is 4.03. The minimum Gasteiger partial charge on any atom is -0.397 e. The lowest BCUT2D eigenvalue weighted by atomic mass is 9.89. The van der Waals surface area contributed by atoms with Crippen LogP contribution in [0.5, 0.6) is 0 Å². The summed E-state index contributed by atoms with van der Waals surface area (Å²) in [4.78, 5) is 0. The molecular weight excluding hydrogens is 414 g/mol. The van der Waals surface area contributed by atoms with Gasteiger partial charge in [-0.1, -0.05) is 90.5 Å². The van der Waals surface area contributed by atoms with E-state index in [1.807, 2.05) is 97.1 Å². The van der Waals surface area contributed by atoms with Crippen LogP contribution in [0.3, 0.4) is 0 Å². The van der Waals surface area contributed by atoms with Crippen molar-refractivity contribution in [3.63, 3.8) is 0 Å². The van der Waals surface area contributed by atoms with Crippen molar-refractivity contribution in [2.75, 3.05) is 5.73 Å². The molecule has 0 radical (unpaired) electrons. The first-order chi connectivity index (χ1) is 15.6. The molecule has 0 unspecified atom stereocenters. The van der Waals surface area contributed by atoms with Crippen molar-refractivity contribution in [1.29, 1.82) is 10.5 Å². The maximum Gasteiger partial charge on any atom is 0.102 e. The van der Waals surface area contributed by atoms with Gasteiger partial charge in [-0.2, -0.15) is 10.5 Å². The molecule has 0 atom stereocenters. The normalized spacial score (nSPS) is 10.6. The molecule has 32 heavy (non-hydrogen) atoms. The Morgan fingerprint density at radius 1 is 0.656 bits per heavy atom. The summed E-state index contributed by atoms with van der Waals surface area (Å²) in [5.41, 5.74) is 12.3. The molecule has 4 aromatic carbocycles. The van der Waals surface area contributed by atoms with E-state index in [9.17, 15) is 10.5 Å². The van der Waals surface area contributed by atoms with E-state index in [1.54, 1.807) is 0 Å². The van der Waals surface area contributed by atoms with Crippen LogP contribution in [0.15, 0.2) is 84.9 Å². The Balaban J connectivity index is 1.74. The Morgan fingerprint density at radius 3 is 1.62 bits per heavy atom. The average molecular weight is 432 g/mol. The summed E-state index contributed by atoms with van der Waals surface area (Å²) in [6.45, 7) is 0. The molecule has 0 aliphatic rings. The van der Waals surface area contributed by atoms with Gasteiger partial charge in [0.1, 0.15) is 12.1 Å². The summed E-state index contributed by atoms with van der Waals surface area (Å²) < 4.78 is 0. The molecular formula is C28H18ClN3. The zero-order valence-corrected chi connectivity index (χ0v) is 17.8. The predicted molar refractivity (Wildman–Crippen MR) is 132 cm³/mol. The van der Waals surface area contributed by atoms with E-state index >= 15 is 0 Å². The molecule has 0 aromatic heterocycles. The smallest absolute Gasteiger partial charge is 0.102 e. The highest BCUT2D eigenvalue weighted by molar-refractivity contribution is 6.30. The first-order valence-electron chi connectivity index (χ1n) is 9.97. The van der Waals surface area contributed by atoms with Crippen LogP contribution in [0.25, 0.3) is 34.4 Å². The van der Waals surface area contributed by atoms with Gasteiger partial charge in [0.15, 0.2) is 0 Å². The van der Waals surface area contributed by atoms with Crippen molar-refractivity contribution in [2.45, 2.75) is 0 Å². The second-order valence-corrected chi connectivity index (χ2v) is 7.67. The van der Waals surface area contributed by atoms with Crippen LogP contribution in [0.4, 0.5) is 5.69 Å². The van der Waals surface area contributed by atoms with Crippen molar-refractivity contribution < 1.29 is 0 Å². The number of halogens is 1. The number of anilines is 1. The van der Waals surface area contributed by atoms with Crippen LogP contribution in [-0.2, 0) is 0 Å². The van der Waals surface area contributed by atoms with Gasteiger partial charge in [-0.05, 0) is 40.5 Å². The van der Waals surface area contributed by atoms with Crippen molar-refractivity contribution in [2.24, 2.45) is 0 Å². The van der Waals surface area contributed by atoms with Gasteiger partial charge in [0.2, 0.25) is 0 Å². The molecule has 0 saturated carbocycles. The first kappa shape index (κ1) is 20.9. The monoisotopic (exact) mass is 431 g/mol. The number of hydrogen-bond acceptors (Lipinski definition) is 3. The van der Waals surface area contributed by atoms with E-state index in [-0.39, 0.29) is 5.69 Å². The molecule has 0 fully saturated rings. The number of nitriles is 2. The summed E-state index contributed by atoms with van der Waals surface area (Å²) in [5.74, 6) is 0. The number of nitrogens with two attached hydrogens (primary N) is 1. The van der Waals surface area contributed by atoms with Gasteiger partial charge < -0.3 is 5.73 Å². The van der Waals surface area contributed by atoms with Gasteiger partial charge >= 0.3 is 0 Å². The van der Waals surface area contributed by atoms with Gasteiger partial charge in [0, 0.05) is 16.1 Å². The molecule has 0 heterocycles.